The van der Waals surface area contributed by atoms with E-state index in [2.05, 4.69) is 53.3 Å². The first-order chi connectivity index (χ1) is 12.6. The van der Waals surface area contributed by atoms with Crippen LogP contribution in [0.1, 0.15) is 45.8 Å². The second kappa shape index (κ2) is 12.5. The predicted octanol–water partition coefficient (Wildman–Crippen LogP) is 1.64. The number of halogens is 1. The van der Waals surface area contributed by atoms with Gasteiger partial charge >= 0.3 is 0 Å². The molecule has 156 valence electrons. The van der Waals surface area contributed by atoms with Crippen molar-refractivity contribution >= 4 is 29.9 Å². The summed E-state index contributed by atoms with van der Waals surface area (Å²) < 4.78 is 7.13. The summed E-state index contributed by atoms with van der Waals surface area (Å²) in [6.45, 7) is 13.7. The van der Waals surface area contributed by atoms with Gasteiger partial charge in [-0.15, -0.1) is 24.0 Å². The quantitative estimate of drug-likeness (QED) is 0.310. The normalized spacial score (nSPS) is 17.0. The van der Waals surface area contributed by atoms with E-state index >= 15 is 0 Å². The van der Waals surface area contributed by atoms with Gasteiger partial charge in [0.25, 0.3) is 0 Å². The molecule has 0 saturated heterocycles. The molecule has 1 aliphatic heterocycles. The number of nitrogens with one attached hydrogen (secondary N) is 2. The van der Waals surface area contributed by atoms with Crippen LogP contribution >= 0.6 is 24.0 Å². The van der Waals surface area contributed by atoms with Gasteiger partial charge in [0.2, 0.25) is 0 Å². The highest BCUT2D eigenvalue weighted by Gasteiger charge is 2.22. The van der Waals surface area contributed by atoms with Crippen molar-refractivity contribution in [1.82, 2.24) is 30.3 Å². The molecule has 0 aliphatic carbocycles. The van der Waals surface area contributed by atoms with Crippen LogP contribution in [0.5, 0.6) is 0 Å². The van der Waals surface area contributed by atoms with E-state index < -0.39 is 0 Å². The molecule has 0 fully saturated rings. The third kappa shape index (κ3) is 7.53. The molecule has 2 N–H and O–H groups in total. The highest BCUT2D eigenvalue weighted by Crippen LogP contribution is 2.13. The van der Waals surface area contributed by atoms with Crippen LogP contribution in [0.3, 0.4) is 0 Å². The lowest BCUT2D eigenvalue weighted by atomic mass is 10.1. The number of likely N-dealkylation sites (N-methyl/N-ethyl adjacent to an activating group) is 1. The Kier molecular flexibility index (Phi) is 11.2. The first-order valence-electron chi connectivity index (χ1n) is 9.77. The maximum atomic E-state index is 5.13. The number of aryl methyl sites for hydroxylation is 1. The number of methoxy groups -OCH3 is 1. The third-order valence-corrected chi connectivity index (χ3v) is 4.65. The minimum absolute atomic E-state index is 0. The van der Waals surface area contributed by atoms with Crippen LogP contribution < -0.4 is 10.6 Å². The number of rotatable bonds is 9. The van der Waals surface area contributed by atoms with Gasteiger partial charge in [0.1, 0.15) is 12.4 Å². The van der Waals surface area contributed by atoms with Crippen LogP contribution in [0.25, 0.3) is 0 Å². The van der Waals surface area contributed by atoms with Crippen LogP contribution in [0.2, 0.25) is 0 Å². The summed E-state index contributed by atoms with van der Waals surface area (Å²) in [6, 6.07) is 0.862. The predicted molar refractivity (Wildman–Crippen MR) is 120 cm³/mol. The van der Waals surface area contributed by atoms with Gasteiger partial charge in [-0.2, -0.15) is 5.10 Å². The Morgan fingerprint density at radius 3 is 2.81 bits per heavy atom. The maximum Gasteiger partial charge on any atom is 0.191 e. The van der Waals surface area contributed by atoms with E-state index in [1.807, 2.05) is 4.68 Å². The minimum atomic E-state index is 0. The van der Waals surface area contributed by atoms with E-state index in [4.69, 9.17) is 9.73 Å². The number of nitrogens with zero attached hydrogens (tertiary/aromatic N) is 5. The number of guanidine groups is 1. The van der Waals surface area contributed by atoms with Crippen molar-refractivity contribution in [2.24, 2.45) is 4.99 Å². The topological polar surface area (TPSA) is 79.6 Å². The molecule has 1 atom stereocenters. The molecule has 1 aromatic heterocycles. The van der Waals surface area contributed by atoms with Gasteiger partial charge in [0.15, 0.2) is 11.8 Å². The fourth-order valence-corrected chi connectivity index (χ4v) is 3.25. The van der Waals surface area contributed by atoms with Crippen molar-refractivity contribution in [3.63, 3.8) is 0 Å². The zero-order valence-electron chi connectivity index (χ0n) is 17.4. The summed E-state index contributed by atoms with van der Waals surface area (Å²) in [5.41, 5.74) is 0. The van der Waals surface area contributed by atoms with Crippen LogP contribution in [0, 0.1) is 0 Å². The zero-order valence-corrected chi connectivity index (χ0v) is 19.7. The maximum absolute atomic E-state index is 5.13. The molecule has 0 radical (unpaired) electrons. The molecule has 0 spiro atoms. The molecule has 2 heterocycles. The molecule has 0 bridgehead atoms. The van der Waals surface area contributed by atoms with Gasteiger partial charge in [-0.3, -0.25) is 9.89 Å². The average Bonchev–Trinajstić information content (AvgIpc) is 3.00. The number of hydrogen-bond donors (Lipinski definition) is 2. The van der Waals surface area contributed by atoms with Gasteiger partial charge in [0, 0.05) is 38.7 Å². The van der Waals surface area contributed by atoms with E-state index in [0.29, 0.717) is 18.7 Å². The van der Waals surface area contributed by atoms with Crippen molar-refractivity contribution in [2.45, 2.75) is 65.8 Å². The van der Waals surface area contributed by atoms with Crippen LogP contribution in [0.15, 0.2) is 4.99 Å². The number of aromatic nitrogens is 3. The Balaban J connectivity index is 0.00000364. The lowest BCUT2D eigenvalue weighted by molar-refractivity contribution is 0.177. The van der Waals surface area contributed by atoms with E-state index in [0.717, 1.165) is 63.2 Å². The molecule has 0 aromatic carbocycles. The molecular formula is C18H36IN7O. The van der Waals surface area contributed by atoms with Gasteiger partial charge in [-0.1, -0.05) is 6.92 Å². The fourth-order valence-electron chi connectivity index (χ4n) is 3.25. The number of aliphatic imine (C=N–C) groups is 1. The largest absolute Gasteiger partial charge is 0.377 e. The van der Waals surface area contributed by atoms with Gasteiger partial charge in [-0.05, 0) is 33.7 Å². The summed E-state index contributed by atoms with van der Waals surface area (Å²) in [5.74, 6) is 2.70. The standard InChI is InChI=1S/C18H35N7O.HI/c1-6-19-18(20-10-11-24(7-2)14(3)4)21-15-8-9-17-22-16(13-26-5)23-25(17)12-15;/h14-15H,6-13H2,1-5H3,(H2,19,20,21);1H. The Morgan fingerprint density at radius 2 is 2.19 bits per heavy atom. The molecule has 2 rings (SSSR count). The Labute approximate surface area is 180 Å². The highest BCUT2D eigenvalue weighted by atomic mass is 127. The molecule has 27 heavy (non-hydrogen) atoms. The molecule has 0 saturated carbocycles. The zero-order chi connectivity index (χ0) is 18.9. The lowest BCUT2D eigenvalue weighted by Gasteiger charge is -2.26. The highest BCUT2D eigenvalue weighted by molar-refractivity contribution is 14.0. The lowest BCUT2D eigenvalue weighted by Crippen LogP contribution is -2.47. The first-order valence-corrected chi connectivity index (χ1v) is 9.77. The molecular weight excluding hydrogens is 457 g/mol. The van der Waals surface area contributed by atoms with E-state index in [9.17, 15) is 0 Å². The summed E-state index contributed by atoms with van der Waals surface area (Å²) in [7, 11) is 1.67. The SMILES string of the molecule is CCNC(=NCCN(CC)C(C)C)NC1CCc2nc(COC)nn2C1.I. The molecule has 0 amide bonds. The minimum Gasteiger partial charge on any atom is -0.377 e. The Bertz CT molecular complexity index is 576. The third-order valence-electron chi connectivity index (χ3n) is 4.65. The number of ether oxygens (including phenoxy) is 1. The summed E-state index contributed by atoms with van der Waals surface area (Å²) >= 11 is 0. The first kappa shape index (κ1) is 24.1. The van der Waals surface area contributed by atoms with Crippen molar-refractivity contribution in [3.8, 4) is 0 Å². The van der Waals surface area contributed by atoms with Crippen LogP contribution in [-0.2, 0) is 24.3 Å². The van der Waals surface area contributed by atoms with E-state index in [-0.39, 0.29) is 24.0 Å². The van der Waals surface area contributed by atoms with Crippen molar-refractivity contribution in [1.29, 1.82) is 0 Å². The average molecular weight is 493 g/mol. The van der Waals surface area contributed by atoms with Crippen LogP contribution in [0.4, 0.5) is 0 Å². The van der Waals surface area contributed by atoms with Gasteiger partial charge in [0.05, 0.1) is 13.1 Å². The smallest absolute Gasteiger partial charge is 0.191 e. The van der Waals surface area contributed by atoms with Gasteiger partial charge in [-0.25, -0.2) is 9.67 Å². The summed E-state index contributed by atoms with van der Waals surface area (Å²) in [5, 5.41) is 11.4. The molecule has 1 aliphatic rings. The molecule has 1 unspecified atom stereocenters. The number of fused-ring (bicyclic) bond motifs is 1. The summed E-state index contributed by atoms with van der Waals surface area (Å²) in [4.78, 5) is 11.7. The van der Waals surface area contributed by atoms with Crippen LogP contribution in [-0.4, -0.2) is 71.0 Å². The van der Waals surface area contributed by atoms with Gasteiger partial charge < -0.3 is 15.4 Å². The number of hydrogen-bond acceptors (Lipinski definition) is 5. The molecule has 1 aromatic rings. The monoisotopic (exact) mass is 493 g/mol. The molecule has 8 nitrogen and oxygen atoms in total. The molecule has 9 heteroatoms. The van der Waals surface area contributed by atoms with Crippen molar-refractivity contribution < 1.29 is 4.74 Å². The van der Waals surface area contributed by atoms with Crippen molar-refractivity contribution in [3.05, 3.63) is 11.6 Å². The Hall–Kier alpha value is -0.940. The Morgan fingerprint density at radius 1 is 1.41 bits per heavy atom. The van der Waals surface area contributed by atoms with E-state index in [1.165, 1.54) is 0 Å². The fraction of sp³-hybridized carbons (Fsp3) is 0.833. The second-order valence-corrected chi connectivity index (χ2v) is 6.92. The van der Waals surface area contributed by atoms with E-state index in [1.54, 1.807) is 7.11 Å². The second-order valence-electron chi connectivity index (χ2n) is 6.92. The van der Waals surface area contributed by atoms with Crippen molar-refractivity contribution in [2.75, 3.05) is 33.3 Å². The summed E-state index contributed by atoms with van der Waals surface area (Å²) in [6.07, 6.45) is 1.95.